The number of rotatable bonds is 4. The van der Waals surface area contributed by atoms with Crippen molar-refractivity contribution in [3.8, 4) is 0 Å². The van der Waals surface area contributed by atoms with Gasteiger partial charge in [-0.05, 0) is 25.0 Å². The van der Waals surface area contributed by atoms with E-state index >= 15 is 0 Å². The highest BCUT2D eigenvalue weighted by molar-refractivity contribution is 5.89. The number of carbonyl (C=O) groups excluding carboxylic acids is 2. The van der Waals surface area contributed by atoms with Gasteiger partial charge in [0.05, 0.1) is 11.6 Å². The lowest BCUT2D eigenvalue weighted by atomic mass is 9.97. The van der Waals surface area contributed by atoms with Gasteiger partial charge in [0.2, 0.25) is 0 Å². The molecule has 3 rings (SSSR count). The van der Waals surface area contributed by atoms with Crippen LogP contribution >= 0.6 is 0 Å². The van der Waals surface area contributed by atoms with Gasteiger partial charge in [0.25, 0.3) is 5.56 Å². The van der Waals surface area contributed by atoms with Crippen LogP contribution < -0.4 is 16.6 Å². The maximum absolute atomic E-state index is 12.4. The Morgan fingerprint density at radius 1 is 1.07 bits per heavy atom. The van der Waals surface area contributed by atoms with Crippen LogP contribution in [0.5, 0.6) is 0 Å². The molecule has 1 saturated heterocycles. The van der Waals surface area contributed by atoms with Gasteiger partial charge in [0.1, 0.15) is 6.61 Å². The average molecular weight is 400 g/mol. The molecule has 0 spiro atoms. The van der Waals surface area contributed by atoms with Crippen molar-refractivity contribution in [2.45, 2.75) is 19.4 Å². The van der Waals surface area contributed by atoms with Crippen molar-refractivity contribution in [2.75, 3.05) is 18.4 Å². The summed E-state index contributed by atoms with van der Waals surface area (Å²) < 4.78 is 7.59. The van der Waals surface area contributed by atoms with Crippen LogP contribution in [0.2, 0.25) is 0 Å². The molecule has 2 heterocycles. The zero-order chi connectivity index (χ0) is 21.0. The average Bonchev–Trinajstić information content (AvgIpc) is 2.74. The number of benzene rings is 1. The largest absolute Gasteiger partial charge is 0.459 e. The first-order valence-electron chi connectivity index (χ1n) is 9.40. The van der Waals surface area contributed by atoms with Gasteiger partial charge in [-0.25, -0.2) is 9.59 Å². The van der Waals surface area contributed by atoms with Gasteiger partial charge >= 0.3 is 17.7 Å². The lowest BCUT2D eigenvalue weighted by Gasteiger charge is -2.31. The molecule has 1 aromatic carbocycles. The van der Waals surface area contributed by atoms with Gasteiger partial charge in [-0.15, -0.1) is 0 Å². The molecule has 2 amide bonds. The molecule has 2 aromatic rings. The number of nitrogens with zero attached hydrogens (tertiary/aromatic N) is 3. The maximum Gasteiger partial charge on any atom is 0.330 e. The summed E-state index contributed by atoms with van der Waals surface area (Å²) in [6.07, 6.45) is 0.993. The van der Waals surface area contributed by atoms with Gasteiger partial charge in [-0.1, -0.05) is 18.2 Å². The summed E-state index contributed by atoms with van der Waals surface area (Å²) in [5.41, 5.74) is 0.142. The third-order valence-corrected chi connectivity index (χ3v) is 5.13. The second-order valence-corrected chi connectivity index (χ2v) is 7.04. The summed E-state index contributed by atoms with van der Waals surface area (Å²) in [4.78, 5) is 50.0. The third-order valence-electron chi connectivity index (χ3n) is 5.13. The van der Waals surface area contributed by atoms with Gasteiger partial charge < -0.3 is 15.0 Å². The van der Waals surface area contributed by atoms with Crippen molar-refractivity contribution in [2.24, 2.45) is 20.0 Å². The Bertz CT molecular complexity index is 1000. The fraction of sp³-hybridized carbons (Fsp3) is 0.400. The van der Waals surface area contributed by atoms with Crippen molar-refractivity contribution in [3.05, 3.63) is 62.9 Å². The van der Waals surface area contributed by atoms with Gasteiger partial charge in [0.15, 0.2) is 0 Å². The molecule has 9 heteroatoms. The van der Waals surface area contributed by atoms with Crippen molar-refractivity contribution in [3.63, 3.8) is 0 Å². The van der Waals surface area contributed by atoms with Crippen molar-refractivity contribution in [1.29, 1.82) is 0 Å². The molecule has 1 aliphatic heterocycles. The Balaban J connectivity index is 1.51. The highest BCUT2D eigenvalue weighted by Crippen LogP contribution is 2.20. The first-order valence-corrected chi connectivity index (χ1v) is 9.40. The summed E-state index contributed by atoms with van der Waals surface area (Å²) in [7, 11) is 2.91. The van der Waals surface area contributed by atoms with Crippen LogP contribution in [0.15, 0.2) is 46.0 Å². The highest BCUT2D eigenvalue weighted by atomic mass is 16.5. The maximum atomic E-state index is 12.4. The number of amides is 2. The zero-order valence-electron chi connectivity index (χ0n) is 16.5. The quantitative estimate of drug-likeness (QED) is 0.774. The Morgan fingerprint density at radius 2 is 1.72 bits per heavy atom. The predicted molar refractivity (Wildman–Crippen MR) is 106 cm³/mol. The number of urea groups is 1. The van der Waals surface area contributed by atoms with Gasteiger partial charge in [0, 0.05) is 38.9 Å². The van der Waals surface area contributed by atoms with E-state index in [2.05, 4.69) is 5.32 Å². The van der Waals surface area contributed by atoms with E-state index in [0.29, 0.717) is 31.6 Å². The Labute approximate surface area is 167 Å². The lowest BCUT2D eigenvalue weighted by Crippen LogP contribution is -2.43. The molecule has 0 radical (unpaired) electrons. The number of carbonyl (C=O) groups is 2. The molecular weight excluding hydrogens is 376 g/mol. The van der Waals surface area contributed by atoms with E-state index in [1.807, 2.05) is 30.3 Å². The first kappa shape index (κ1) is 20.4. The van der Waals surface area contributed by atoms with Gasteiger partial charge in [-0.3, -0.25) is 18.7 Å². The number of aromatic nitrogens is 2. The minimum Gasteiger partial charge on any atom is -0.459 e. The SMILES string of the molecule is Cn1c(COC(=O)C2CCN(C(=O)Nc3ccccc3)CC2)cc(=O)n(C)c1=O. The van der Waals surface area contributed by atoms with E-state index in [9.17, 15) is 19.2 Å². The zero-order valence-corrected chi connectivity index (χ0v) is 16.5. The second kappa shape index (κ2) is 8.76. The molecule has 1 fully saturated rings. The van der Waals surface area contributed by atoms with Crippen LogP contribution in [0.3, 0.4) is 0 Å². The van der Waals surface area contributed by atoms with Crippen LogP contribution in [0.4, 0.5) is 10.5 Å². The number of hydrogen-bond acceptors (Lipinski definition) is 5. The van der Waals surface area contributed by atoms with Crippen molar-refractivity contribution >= 4 is 17.7 Å². The number of anilines is 1. The highest BCUT2D eigenvalue weighted by Gasteiger charge is 2.28. The lowest BCUT2D eigenvalue weighted by molar-refractivity contribution is -0.151. The molecule has 154 valence electrons. The van der Waals surface area contributed by atoms with E-state index in [0.717, 1.165) is 10.3 Å². The van der Waals surface area contributed by atoms with Crippen LogP contribution in [0.25, 0.3) is 0 Å². The molecular formula is C20H24N4O5. The fourth-order valence-electron chi connectivity index (χ4n) is 3.22. The van der Waals surface area contributed by atoms with Crippen LogP contribution in [-0.2, 0) is 30.2 Å². The van der Waals surface area contributed by atoms with E-state index in [4.69, 9.17) is 4.74 Å². The van der Waals surface area contributed by atoms with E-state index in [1.165, 1.54) is 24.7 Å². The number of piperidine rings is 1. The summed E-state index contributed by atoms with van der Waals surface area (Å²) in [5, 5.41) is 2.83. The van der Waals surface area contributed by atoms with E-state index in [-0.39, 0.29) is 24.5 Å². The number of ether oxygens (including phenoxy) is 1. The molecule has 29 heavy (non-hydrogen) atoms. The van der Waals surface area contributed by atoms with Crippen molar-refractivity contribution in [1.82, 2.24) is 14.0 Å². The minimum atomic E-state index is -0.471. The first-order chi connectivity index (χ1) is 13.9. The molecule has 1 aromatic heterocycles. The second-order valence-electron chi connectivity index (χ2n) is 7.04. The predicted octanol–water partition coefficient (Wildman–Crippen LogP) is 1.07. The monoisotopic (exact) mass is 400 g/mol. The third kappa shape index (κ3) is 4.74. The van der Waals surface area contributed by atoms with Gasteiger partial charge in [-0.2, -0.15) is 0 Å². The molecule has 0 saturated carbocycles. The molecule has 0 unspecified atom stereocenters. The summed E-state index contributed by atoms with van der Waals surface area (Å²) >= 11 is 0. The van der Waals surface area contributed by atoms with Crippen LogP contribution in [0.1, 0.15) is 18.5 Å². The standard InChI is InChI=1S/C20H24N4O5/c1-22-16(12-17(25)23(2)20(22)28)13-29-18(26)14-8-10-24(11-9-14)19(27)21-15-6-4-3-5-7-15/h3-7,12,14H,8-11,13H2,1-2H3,(H,21,27). The number of likely N-dealkylation sites (tertiary alicyclic amines) is 1. The van der Waals surface area contributed by atoms with E-state index < -0.39 is 11.2 Å². The molecule has 1 aliphatic rings. The minimum absolute atomic E-state index is 0.143. The molecule has 0 aliphatic carbocycles. The smallest absolute Gasteiger partial charge is 0.330 e. The number of para-hydroxylation sites is 1. The summed E-state index contributed by atoms with van der Waals surface area (Å²) in [5.74, 6) is -0.708. The number of esters is 1. The number of hydrogen-bond donors (Lipinski definition) is 1. The Hall–Kier alpha value is -3.36. The molecule has 9 nitrogen and oxygen atoms in total. The van der Waals surface area contributed by atoms with Crippen molar-refractivity contribution < 1.29 is 14.3 Å². The number of nitrogens with one attached hydrogen (secondary N) is 1. The summed E-state index contributed by atoms with van der Waals surface area (Å²) in [6, 6.07) is 10.3. The summed E-state index contributed by atoms with van der Waals surface area (Å²) in [6.45, 7) is 0.751. The topological polar surface area (TPSA) is 103 Å². The Kier molecular flexibility index (Phi) is 6.16. The molecule has 1 N–H and O–H groups in total. The van der Waals surface area contributed by atoms with Crippen LogP contribution in [-0.4, -0.2) is 39.1 Å². The molecule has 0 atom stereocenters. The Morgan fingerprint density at radius 3 is 2.38 bits per heavy atom. The molecule has 0 bridgehead atoms. The fourth-order valence-corrected chi connectivity index (χ4v) is 3.22. The normalized spacial score (nSPS) is 14.5. The van der Waals surface area contributed by atoms with Crippen LogP contribution in [0, 0.1) is 5.92 Å². The van der Waals surface area contributed by atoms with E-state index in [1.54, 1.807) is 4.90 Å².